The molecule has 0 amide bonds. The van der Waals surface area contributed by atoms with Gasteiger partial charge in [0.05, 0.1) is 5.69 Å². The summed E-state index contributed by atoms with van der Waals surface area (Å²) in [7, 11) is 1.63. The first-order valence-electron chi connectivity index (χ1n) is 4.54. The van der Waals surface area contributed by atoms with Gasteiger partial charge >= 0.3 is 0 Å². The van der Waals surface area contributed by atoms with Gasteiger partial charge in [-0.15, -0.1) is 0 Å². The van der Waals surface area contributed by atoms with E-state index in [1.165, 1.54) is 0 Å². The maximum Gasteiger partial charge on any atom is 0.179 e. The largest absolute Gasteiger partial charge is 0.382 e. The third-order valence-electron chi connectivity index (χ3n) is 2.03. The molecule has 0 bridgehead atoms. The zero-order valence-electron chi connectivity index (χ0n) is 8.60. The van der Waals surface area contributed by atoms with Crippen molar-refractivity contribution in [3.05, 3.63) is 29.7 Å². The van der Waals surface area contributed by atoms with Gasteiger partial charge in [0.2, 0.25) is 0 Å². The fraction of sp³-hybridized carbons (Fsp3) is 0.200. The molecule has 5 nitrogen and oxygen atoms in total. The summed E-state index contributed by atoms with van der Waals surface area (Å²) in [6.45, 7) is 1.87. The fourth-order valence-corrected chi connectivity index (χ4v) is 1.24. The second-order valence-corrected chi connectivity index (χ2v) is 3.16. The maximum absolute atomic E-state index is 5.66. The van der Waals surface area contributed by atoms with E-state index in [1.54, 1.807) is 19.3 Å². The Morgan fingerprint density at radius 1 is 1.33 bits per heavy atom. The van der Waals surface area contributed by atoms with E-state index in [9.17, 15) is 0 Å². The zero-order valence-corrected chi connectivity index (χ0v) is 8.60. The Balaban J connectivity index is 2.64. The first-order valence-corrected chi connectivity index (χ1v) is 4.54. The topological polar surface area (TPSA) is 77.0 Å². The van der Waals surface area contributed by atoms with Crippen LogP contribution in [0.4, 0.5) is 0 Å². The van der Waals surface area contributed by atoms with Crippen molar-refractivity contribution in [2.45, 2.75) is 6.92 Å². The van der Waals surface area contributed by atoms with Gasteiger partial charge < -0.3 is 5.73 Å². The van der Waals surface area contributed by atoms with Crippen LogP contribution in [0.25, 0.3) is 11.2 Å². The molecule has 0 aliphatic carbocycles. The van der Waals surface area contributed by atoms with Crippen molar-refractivity contribution in [1.82, 2.24) is 15.0 Å². The Labute approximate surface area is 87.1 Å². The van der Waals surface area contributed by atoms with Crippen molar-refractivity contribution >= 4 is 17.0 Å². The lowest BCUT2D eigenvalue weighted by molar-refractivity contribution is 1.14. The third-order valence-corrected chi connectivity index (χ3v) is 2.03. The van der Waals surface area contributed by atoms with Crippen LogP contribution >= 0.6 is 0 Å². The average Bonchev–Trinajstić information content (AvgIpc) is 2.27. The summed E-state index contributed by atoms with van der Waals surface area (Å²) in [5, 5.41) is 0. The summed E-state index contributed by atoms with van der Waals surface area (Å²) in [6.07, 6.45) is 1.71. The Hall–Kier alpha value is -2.04. The molecule has 0 aromatic carbocycles. The molecule has 0 spiro atoms. The van der Waals surface area contributed by atoms with Crippen LogP contribution in [-0.2, 0) is 0 Å². The number of rotatable bonds is 1. The normalized spacial score (nSPS) is 12.0. The van der Waals surface area contributed by atoms with Crippen molar-refractivity contribution in [3.8, 4) is 0 Å². The molecular formula is C10H11N5. The number of pyridine rings is 1. The highest BCUT2D eigenvalue weighted by Gasteiger charge is 2.03. The molecule has 0 saturated heterocycles. The number of aromatic nitrogens is 3. The van der Waals surface area contributed by atoms with Gasteiger partial charge in [0.25, 0.3) is 0 Å². The molecule has 5 heteroatoms. The standard InChI is InChI=1S/C10H11N5/c1-6-5-13-8-4-3-7(9(11)12-2)15-10(8)14-6/h3-5H,1-2H3,(H2,11,12). The van der Waals surface area contributed by atoms with E-state index in [2.05, 4.69) is 19.9 Å². The number of aryl methyl sites for hydroxylation is 1. The molecule has 76 valence electrons. The minimum absolute atomic E-state index is 0.403. The highest BCUT2D eigenvalue weighted by Crippen LogP contribution is 2.07. The summed E-state index contributed by atoms with van der Waals surface area (Å²) in [6, 6.07) is 3.62. The van der Waals surface area contributed by atoms with Crippen LogP contribution < -0.4 is 5.73 Å². The number of amidine groups is 1. The van der Waals surface area contributed by atoms with Gasteiger partial charge in [0.15, 0.2) is 5.65 Å². The molecule has 0 fully saturated rings. The molecule has 2 rings (SSSR count). The van der Waals surface area contributed by atoms with Gasteiger partial charge in [-0.2, -0.15) is 0 Å². The maximum atomic E-state index is 5.66. The van der Waals surface area contributed by atoms with Crippen LogP contribution in [0, 0.1) is 6.92 Å². The molecule has 0 saturated carbocycles. The molecule has 0 radical (unpaired) electrons. The molecule has 2 aromatic rings. The van der Waals surface area contributed by atoms with Crippen LogP contribution in [0.1, 0.15) is 11.4 Å². The van der Waals surface area contributed by atoms with Gasteiger partial charge in [-0.25, -0.2) is 9.97 Å². The summed E-state index contributed by atoms with van der Waals surface area (Å²) in [5.41, 5.74) is 8.48. The monoisotopic (exact) mass is 201 g/mol. The highest BCUT2D eigenvalue weighted by molar-refractivity contribution is 5.96. The van der Waals surface area contributed by atoms with Crippen molar-refractivity contribution in [1.29, 1.82) is 0 Å². The van der Waals surface area contributed by atoms with Gasteiger partial charge in [-0.1, -0.05) is 0 Å². The van der Waals surface area contributed by atoms with E-state index in [4.69, 9.17) is 5.73 Å². The Morgan fingerprint density at radius 3 is 2.87 bits per heavy atom. The van der Waals surface area contributed by atoms with Crippen LogP contribution in [0.15, 0.2) is 23.3 Å². The van der Waals surface area contributed by atoms with Crippen LogP contribution in [0.3, 0.4) is 0 Å². The SMILES string of the molecule is CN=C(N)c1ccc2ncc(C)nc2n1. The molecular weight excluding hydrogens is 190 g/mol. The lowest BCUT2D eigenvalue weighted by atomic mass is 10.3. The lowest BCUT2D eigenvalue weighted by Crippen LogP contribution is -2.15. The molecule has 0 atom stereocenters. The van der Waals surface area contributed by atoms with Crippen molar-refractivity contribution in [2.75, 3.05) is 7.05 Å². The third kappa shape index (κ3) is 1.76. The van der Waals surface area contributed by atoms with Crippen molar-refractivity contribution in [3.63, 3.8) is 0 Å². The van der Waals surface area contributed by atoms with E-state index in [0.717, 1.165) is 11.2 Å². The van der Waals surface area contributed by atoms with Crippen LogP contribution in [-0.4, -0.2) is 27.8 Å². The number of aliphatic imine (C=N–C) groups is 1. The fourth-order valence-electron chi connectivity index (χ4n) is 1.24. The van der Waals surface area contributed by atoms with Gasteiger partial charge in [-0.3, -0.25) is 9.98 Å². The average molecular weight is 201 g/mol. The van der Waals surface area contributed by atoms with E-state index >= 15 is 0 Å². The van der Waals surface area contributed by atoms with Crippen LogP contribution in [0.5, 0.6) is 0 Å². The smallest absolute Gasteiger partial charge is 0.179 e. The number of hydrogen-bond acceptors (Lipinski definition) is 4. The molecule has 15 heavy (non-hydrogen) atoms. The summed E-state index contributed by atoms with van der Waals surface area (Å²) in [4.78, 5) is 16.6. The predicted molar refractivity (Wildman–Crippen MR) is 58.7 cm³/mol. The molecule has 0 aliphatic rings. The van der Waals surface area contributed by atoms with Gasteiger partial charge in [0, 0.05) is 13.2 Å². The zero-order chi connectivity index (χ0) is 10.8. The van der Waals surface area contributed by atoms with E-state index in [-0.39, 0.29) is 0 Å². The number of nitrogens with zero attached hydrogens (tertiary/aromatic N) is 4. The molecule has 2 heterocycles. The number of nitrogens with two attached hydrogens (primary N) is 1. The van der Waals surface area contributed by atoms with Crippen LogP contribution in [0.2, 0.25) is 0 Å². The van der Waals surface area contributed by atoms with E-state index in [1.807, 2.05) is 13.0 Å². The molecule has 0 aliphatic heterocycles. The number of fused-ring (bicyclic) bond motifs is 1. The Morgan fingerprint density at radius 2 is 2.13 bits per heavy atom. The highest BCUT2D eigenvalue weighted by atomic mass is 14.9. The molecule has 0 unspecified atom stereocenters. The van der Waals surface area contributed by atoms with Crippen molar-refractivity contribution in [2.24, 2.45) is 10.7 Å². The Bertz CT molecular complexity index is 532. The quantitative estimate of drug-likeness (QED) is 0.543. The summed E-state index contributed by atoms with van der Waals surface area (Å²) < 4.78 is 0. The van der Waals surface area contributed by atoms with E-state index < -0.39 is 0 Å². The molecule has 2 aromatic heterocycles. The molecule has 2 N–H and O–H groups in total. The van der Waals surface area contributed by atoms with Gasteiger partial charge in [-0.05, 0) is 19.1 Å². The minimum atomic E-state index is 0.403. The summed E-state index contributed by atoms with van der Waals surface area (Å²) >= 11 is 0. The van der Waals surface area contributed by atoms with E-state index in [0.29, 0.717) is 17.2 Å². The summed E-state index contributed by atoms with van der Waals surface area (Å²) in [5.74, 6) is 0.403. The van der Waals surface area contributed by atoms with Crippen molar-refractivity contribution < 1.29 is 0 Å². The number of hydrogen-bond donors (Lipinski definition) is 1. The first kappa shape index (κ1) is 9.51. The second kappa shape index (κ2) is 3.61. The predicted octanol–water partition coefficient (Wildman–Crippen LogP) is 0.668. The first-order chi connectivity index (χ1) is 7.20. The minimum Gasteiger partial charge on any atom is -0.382 e. The Kier molecular flexibility index (Phi) is 2.29. The second-order valence-electron chi connectivity index (χ2n) is 3.16. The lowest BCUT2D eigenvalue weighted by Gasteiger charge is -2.01. The van der Waals surface area contributed by atoms with Gasteiger partial charge in [0.1, 0.15) is 17.0 Å².